The zero-order valence-corrected chi connectivity index (χ0v) is 11.9. The largest absolute Gasteiger partial charge is 0.444 e. The van der Waals surface area contributed by atoms with Crippen LogP contribution in [-0.2, 0) is 4.74 Å². The van der Waals surface area contributed by atoms with Gasteiger partial charge in [-0.05, 0) is 59.3 Å². The Hall–Kier alpha value is -0.730. The van der Waals surface area contributed by atoms with Gasteiger partial charge in [-0.15, -0.1) is 0 Å². The van der Waals surface area contributed by atoms with Crippen molar-refractivity contribution in [1.82, 2.24) is 5.32 Å². The number of ether oxygens (including phenoxy) is 1. The Morgan fingerprint density at radius 3 is 2.29 bits per heavy atom. The minimum absolute atomic E-state index is 0.0754. The Kier molecular flexibility index (Phi) is 4.45. The molecular formula is C14H27NO2. The zero-order valence-electron chi connectivity index (χ0n) is 11.9. The van der Waals surface area contributed by atoms with E-state index in [2.05, 4.69) is 19.2 Å². The van der Waals surface area contributed by atoms with Crippen LogP contribution < -0.4 is 5.32 Å². The van der Waals surface area contributed by atoms with E-state index >= 15 is 0 Å². The molecule has 0 bridgehead atoms. The van der Waals surface area contributed by atoms with Crippen LogP contribution in [0.4, 0.5) is 4.79 Å². The zero-order chi connectivity index (χ0) is 13.1. The first kappa shape index (κ1) is 14.3. The fraction of sp³-hybridized carbons (Fsp3) is 0.929. The molecule has 0 heterocycles. The highest BCUT2D eigenvalue weighted by Gasteiger charge is 2.33. The number of hydrogen-bond donors (Lipinski definition) is 1. The molecule has 1 N–H and O–H groups in total. The molecule has 0 unspecified atom stereocenters. The quantitative estimate of drug-likeness (QED) is 0.797. The van der Waals surface area contributed by atoms with Crippen LogP contribution in [-0.4, -0.2) is 17.2 Å². The second kappa shape index (κ2) is 5.28. The highest BCUT2D eigenvalue weighted by Crippen LogP contribution is 2.33. The summed E-state index contributed by atoms with van der Waals surface area (Å²) in [7, 11) is 0. The van der Waals surface area contributed by atoms with E-state index in [4.69, 9.17) is 4.74 Å². The van der Waals surface area contributed by atoms with Gasteiger partial charge in [0.2, 0.25) is 0 Å². The molecule has 17 heavy (non-hydrogen) atoms. The van der Waals surface area contributed by atoms with Crippen molar-refractivity contribution in [1.29, 1.82) is 0 Å². The molecule has 0 aromatic carbocycles. The van der Waals surface area contributed by atoms with Crippen LogP contribution in [0, 0.1) is 5.92 Å². The molecule has 3 nitrogen and oxygen atoms in total. The molecule has 3 heteroatoms. The van der Waals surface area contributed by atoms with Crippen molar-refractivity contribution in [3.05, 3.63) is 0 Å². The van der Waals surface area contributed by atoms with Crippen LogP contribution in [0.1, 0.15) is 66.7 Å². The van der Waals surface area contributed by atoms with E-state index in [9.17, 15) is 4.79 Å². The monoisotopic (exact) mass is 241 g/mol. The van der Waals surface area contributed by atoms with Gasteiger partial charge < -0.3 is 10.1 Å². The molecule has 1 aliphatic rings. The Morgan fingerprint density at radius 1 is 1.35 bits per heavy atom. The summed E-state index contributed by atoms with van der Waals surface area (Å²) >= 11 is 0. The van der Waals surface area contributed by atoms with Crippen LogP contribution in [0.5, 0.6) is 0 Å². The van der Waals surface area contributed by atoms with Crippen LogP contribution in [0.2, 0.25) is 0 Å². The van der Waals surface area contributed by atoms with Crippen molar-refractivity contribution >= 4 is 6.09 Å². The number of amides is 1. The predicted molar refractivity (Wildman–Crippen MR) is 70.0 cm³/mol. The molecule has 1 fully saturated rings. The molecule has 0 spiro atoms. The Bertz CT molecular complexity index is 260. The Labute approximate surface area is 105 Å². The van der Waals surface area contributed by atoms with Gasteiger partial charge in [-0.3, -0.25) is 0 Å². The van der Waals surface area contributed by atoms with Gasteiger partial charge in [0.25, 0.3) is 0 Å². The lowest BCUT2D eigenvalue weighted by Gasteiger charge is -2.38. The topological polar surface area (TPSA) is 38.3 Å². The smallest absolute Gasteiger partial charge is 0.408 e. The number of hydrogen-bond acceptors (Lipinski definition) is 2. The first-order valence-electron chi connectivity index (χ1n) is 6.75. The third kappa shape index (κ3) is 4.97. The SMILES string of the molecule is CC[C@H]1CC[C@](C)(NC(=O)OC(C)(C)C)CC1. The van der Waals surface area contributed by atoms with Gasteiger partial charge in [-0.25, -0.2) is 4.79 Å². The van der Waals surface area contributed by atoms with Crippen LogP contribution >= 0.6 is 0 Å². The van der Waals surface area contributed by atoms with Crippen molar-refractivity contribution in [3.8, 4) is 0 Å². The van der Waals surface area contributed by atoms with E-state index in [0.717, 1.165) is 18.8 Å². The van der Waals surface area contributed by atoms with Crippen LogP contribution in [0.3, 0.4) is 0 Å². The minimum atomic E-state index is -0.416. The molecule has 0 saturated heterocycles. The molecule has 0 aromatic rings. The van der Waals surface area contributed by atoms with E-state index in [0.29, 0.717) is 0 Å². The molecule has 0 aliphatic heterocycles. The molecule has 1 rings (SSSR count). The summed E-state index contributed by atoms with van der Waals surface area (Å²) in [6.07, 6.45) is 5.51. The molecule has 0 radical (unpaired) electrons. The van der Waals surface area contributed by atoms with E-state index in [1.807, 2.05) is 20.8 Å². The molecule has 100 valence electrons. The summed E-state index contributed by atoms with van der Waals surface area (Å²) in [6, 6.07) is 0. The lowest BCUT2D eigenvalue weighted by atomic mass is 9.77. The van der Waals surface area contributed by atoms with Crippen LogP contribution in [0.15, 0.2) is 0 Å². The van der Waals surface area contributed by atoms with Gasteiger partial charge in [-0.2, -0.15) is 0 Å². The number of rotatable bonds is 2. The average molecular weight is 241 g/mol. The van der Waals surface area contributed by atoms with Gasteiger partial charge in [0.15, 0.2) is 0 Å². The summed E-state index contributed by atoms with van der Waals surface area (Å²) in [5.41, 5.74) is -0.491. The van der Waals surface area contributed by atoms with Crippen molar-refractivity contribution < 1.29 is 9.53 Å². The summed E-state index contributed by atoms with van der Waals surface area (Å²) in [6.45, 7) is 10.0. The minimum Gasteiger partial charge on any atom is -0.444 e. The van der Waals surface area contributed by atoms with Crippen molar-refractivity contribution in [2.75, 3.05) is 0 Å². The summed E-state index contributed by atoms with van der Waals surface area (Å²) in [5.74, 6) is 0.837. The fourth-order valence-electron chi connectivity index (χ4n) is 2.40. The van der Waals surface area contributed by atoms with Gasteiger partial charge in [0.05, 0.1) is 0 Å². The maximum atomic E-state index is 11.7. The standard InChI is InChI=1S/C14H27NO2/c1-6-11-7-9-14(5,10-8-11)15-12(16)17-13(2,3)4/h11H,6-10H2,1-5H3,(H,15,16)/t11-,14-. The first-order valence-corrected chi connectivity index (χ1v) is 6.75. The van der Waals surface area contributed by atoms with E-state index in [1.54, 1.807) is 0 Å². The first-order chi connectivity index (χ1) is 7.74. The van der Waals surface area contributed by atoms with E-state index in [-0.39, 0.29) is 11.6 Å². The molecular weight excluding hydrogens is 214 g/mol. The third-order valence-corrected chi connectivity index (χ3v) is 3.59. The summed E-state index contributed by atoms with van der Waals surface area (Å²) in [4.78, 5) is 11.7. The Balaban J connectivity index is 2.43. The van der Waals surface area contributed by atoms with Gasteiger partial charge in [0, 0.05) is 5.54 Å². The molecule has 1 amide bonds. The molecule has 0 atom stereocenters. The lowest BCUT2D eigenvalue weighted by molar-refractivity contribution is 0.0425. The average Bonchev–Trinajstić information content (AvgIpc) is 2.15. The lowest BCUT2D eigenvalue weighted by Crippen LogP contribution is -2.49. The number of alkyl carbamates (subject to hydrolysis) is 1. The summed E-state index contributed by atoms with van der Waals surface area (Å²) in [5, 5.41) is 3.04. The number of carbonyl (C=O) groups is 1. The van der Waals surface area contributed by atoms with Gasteiger partial charge >= 0.3 is 6.09 Å². The van der Waals surface area contributed by atoms with Crippen molar-refractivity contribution in [2.24, 2.45) is 5.92 Å². The number of carbonyl (C=O) groups excluding carboxylic acids is 1. The second-order valence-electron chi connectivity index (χ2n) is 6.54. The molecule has 1 saturated carbocycles. The van der Waals surface area contributed by atoms with E-state index < -0.39 is 5.60 Å². The highest BCUT2D eigenvalue weighted by atomic mass is 16.6. The number of nitrogens with one attached hydrogen (secondary N) is 1. The maximum absolute atomic E-state index is 11.7. The van der Waals surface area contributed by atoms with Crippen LogP contribution in [0.25, 0.3) is 0 Å². The van der Waals surface area contributed by atoms with E-state index in [1.165, 1.54) is 19.3 Å². The summed E-state index contributed by atoms with van der Waals surface area (Å²) < 4.78 is 5.31. The van der Waals surface area contributed by atoms with Gasteiger partial charge in [-0.1, -0.05) is 13.3 Å². The molecule has 0 aromatic heterocycles. The maximum Gasteiger partial charge on any atom is 0.408 e. The highest BCUT2D eigenvalue weighted by molar-refractivity contribution is 5.68. The normalized spacial score (nSPS) is 29.8. The van der Waals surface area contributed by atoms with Gasteiger partial charge in [0.1, 0.15) is 5.60 Å². The second-order valence-corrected chi connectivity index (χ2v) is 6.54. The fourth-order valence-corrected chi connectivity index (χ4v) is 2.40. The Morgan fingerprint density at radius 2 is 1.88 bits per heavy atom. The third-order valence-electron chi connectivity index (χ3n) is 3.59. The van der Waals surface area contributed by atoms with Crippen molar-refractivity contribution in [2.45, 2.75) is 77.9 Å². The predicted octanol–water partition coefficient (Wildman–Crippen LogP) is 3.87. The van der Waals surface area contributed by atoms with Crippen molar-refractivity contribution in [3.63, 3.8) is 0 Å². The molecule has 1 aliphatic carbocycles.